The summed E-state index contributed by atoms with van der Waals surface area (Å²) in [6, 6.07) is 7.18. The molecule has 0 aromatic heterocycles. The van der Waals surface area contributed by atoms with Crippen LogP contribution in [0.15, 0.2) is 29.2 Å². The van der Waals surface area contributed by atoms with Gasteiger partial charge >= 0.3 is 0 Å². The highest BCUT2D eigenvalue weighted by atomic mass is 35.5. The lowest BCUT2D eigenvalue weighted by molar-refractivity contribution is 0.250. The van der Waals surface area contributed by atoms with Gasteiger partial charge in [-0.2, -0.15) is 4.31 Å². The van der Waals surface area contributed by atoms with Crippen molar-refractivity contribution in [3.63, 3.8) is 0 Å². The number of rotatable bonds is 3. The second-order valence-electron chi connectivity index (χ2n) is 5.41. The van der Waals surface area contributed by atoms with Gasteiger partial charge in [0.25, 0.3) is 0 Å². The zero-order chi connectivity index (χ0) is 14.0. The van der Waals surface area contributed by atoms with E-state index in [1.807, 2.05) is 26.0 Å². The van der Waals surface area contributed by atoms with Gasteiger partial charge in [-0.3, -0.25) is 0 Å². The molecule has 1 aromatic carbocycles. The van der Waals surface area contributed by atoms with Crippen LogP contribution in [0.1, 0.15) is 25.3 Å². The molecule has 0 amide bonds. The van der Waals surface area contributed by atoms with Crippen molar-refractivity contribution in [1.82, 2.24) is 4.31 Å². The maximum absolute atomic E-state index is 12.5. The summed E-state index contributed by atoms with van der Waals surface area (Å²) >= 11 is 0. The molecule has 0 bridgehead atoms. The van der Waals surface area contributed by atoms with Crippen molar-refractivity contribution >= 4 is 22.4 Å². The Morgan fingerprint density at radius 1 is 1.20 bits per heavy atom. The molecule has 0 aliphatic carbocycles. The second-order valence-corrected chi connectivity index (χ2v) is 7.35. The minimum atomic E-state index is -3.34. The number of nitrogens with two attached hydrogens (primary N) is 1. The van der Waals surface area contributed by atoms with Crippen LogP contribution in [0.25, 0.3) is 0 Å². The molecule has 6 heteroatoms. The number of aryl methyl sites for hydroxylation is 1. The van der Waals surface area contributed by atoms with Crippen LogP contribution in [-0.4, -0.2) is 31.9 Å². The van der Waals surface area contributed by atoms with Crippen molar-refractivity contribution in [2.45, 2.75) is 37.6 Å². The predicted molar refractivity (Wildman–Crippen MR) is 83.6 cm³/mol. The summed E-state index contributed by atoms with van der Waals surface area (Å²) in [5.74, 6) is 0.435. The fraction of sp³-hybridized carbons (Fsp3) is 0.571. The first-order valence-electron chi connectivity index (χ1n) is 6.73. The lowest BCUT2D eigenvalue weighted by Gasteiger charge is -2.32. The maximum atomic E-state index is 12.5. The first kappa shape index (κ1) is 17.4. The minimum absolute atomic E-state index is 0. The van der Waals surface area contributed by atoms with Gasteiger partial charge in [0.15, 0.2) is 0 Å². The Labute approximate surface area is 127 Å². The quantitative estimate of drug-likeness (QED) is 0.929. The number of halogens is 1. The third-order valence-electron chi connectivity index (χ3n) is 3.90. The van der Waals surface area contributed by atoms with Crippen LogP contribution in [0, 0.1) is 12.8 Å². The topological polar surface area (TPSA) is 63.4 Å². The fourth-order valence-electron chi connectivity index (χ4n) is 2.50. The SMILES string of the molecule is Cc1ccc(S(=O)(=O)N2CCC(C(C)N)CC2)cc1.Cl. The average molecular weight is 319 g/mol. The van der Waals surface area contributed by atoms with Crippen LogP contribution in [0.5, 0.6) is 0 Å². The molecule has 0 saturated carbocycles. The number of sulfonamides is 1. The molecule has 1 saturated heterocycles. The molecule has 1 fully saturated rings. The van der Waals surface area contributed by atoms with Gasteiger partial charge in [0.1, 0.15) is 0 Å². The summed E-state index contributed by atoms with van der Waals surface area (Å²) in [7, 11) is -3.34. The maximum Gasteiger partial charge on any atom is 0.243 e. The van der Waals surface area contributed by atoms with Gasteiger partial charge in [-0.1, -0.05) is 17.7 Å². The lowest BCUT2D eigenvalue weighted by Crippen LogP contribution is -2.42. The van der Waals surface area contributed by atoms with Crippen molar-refractivity contribution < 1.29 is 8.42 Å². The highest BCUT2D eigenvalue weighted by Crippen LogP contribution is 2.25. The van der Waals surface area contributed by atoms with Crippen molar-refractivity contribution in [1.29, 1.82) is 0 Å². The first-order chi connectivity index (χ1) is 8.91. The number of hydrogen-bond donors (Lipinski definition) is 1. The summed E-state index contributed by atoms with van der Waals surface area (Å²) in [5.41, 5.74) is 6.95. The van der Waals surface area contributed by atoms with E-state index in [-0.39, 0.29) is 18.4 Å². The molecule has 1 aromatic rings. The molecular formula is C14H23ClN2O2S. The predicted octanol–water partition coefficient (Wildman–Crippen LogP) is 2.16. The van der Waals surface area contributed by atoms with Gasteiger partial charge in [-0.05, 0) is 44.7 Å². The van der Waals surface area contributed by atoms with Crippen molar-refractivity contribution in [2.24, 2.45) is 11.7 Å². The van der Waals surface area contributed by atoms with Crippen LogP contribution in [0.4, 0.5) is 0 Å². The number of benzene rings is 1. The Morgan fingerprint density at radius 3 is 2.15 bits per heavy atom. The third kappa shape index (κ3) is 3.73. The Bertz CT molecular complexity index is 521. The normalized spacial score (nSPS) is 19.4. The Morgan fingerprint density at radius 2 is 1.70 bits per heavy atom. The molecule has 1 unspecified atom stereocenters. The van der Waals surface area contributed by atoms with Crippen LogP contribution in [0.3, 0.4) is 0 Å². The minimum Gasteiger partial charge on any atom is -0.328 e. The Balaban J connectivity index is 0.00000200. The van der Waals surface area contributed by atoms with Crippen LogP contribution < -0.4 is 5.73 Å². The van der Waals surface area contributed by atoms with Gasteiger partial charge < -0.3 is 5.73 Å². The summed E-state index contributed by atoms with van der Waals surface area (Å²) in [4.78, 5) is 0.386. The average Bonchev–Trinajstić information content (AvgIpc) is 2.39. The summed E-state index contributed by atoms with van der Waals surface area (Å²) in [6.07, 6.45) is 1.70. The van der Waals surface area contributed by atoms with Gasteiger partial charge in [-0.25, -0.2) is 8.42 Å². The number of nitrogens with zero attached hydrogens (tertiary/aromatic N) is 1. The summed E-state index contributed by atoms with van der Waals surface area (Å²) < 4.78 is 26.5. The molecule has 2 N–H and O–H groups in total. The van der Waals surface area contributed by atoms with Gasteiger partial charge in [0.2, 0.25) is 10.0 Å². The zero-order valence-electron chi connectivity index (χ0n) is 12.0. The van der Waals surface area contributed by atoms with Crippen LogP contribution >= 0.6 is 12.4 Å². The van der Waals surface area contributed by atoms with Crippen molar-refractivity contribution in [3.8, 4) is 0 Å². The zero-order valence-corrected chi connectivity index (χ0v) is 13.6. The van der Waals surface area contributed by atoms with Gasteiger partial charge in [-0.15, -0.1) is 12.4 Å². The van der Waals surface area contributed by atoms with E-state index in [0.29, 0.717) is 23.9 Å². The molecule has 0 radical (unpaired) electrons. The highest BCUT2D eigenvalue weighted by Gasteiger charge is 2.30. The summed E-state index contributed by atoms with van der Waals surface area (Å²) in [6.45, 7) is 5.09. The van der Waals surface area contributed by atoms with E-state index in [2.05, 4.69) is 0 Å². The molecule has 20 heavy (non-hydrogen) atoms. The molecule has 2 rings (SSSR count). The molecular weight excluding hydrogens is 296 g/mol. The third-order valence-corrected chi connectivity index (χ3v) is 5.81. The molecule has 0 spiro atoms. The molecule has 1 aliphatic rings. The van der Waals surface area contributed by atoms with E-state index in [1.54, 1.807) is 16.4 Å². The van der Waals surface area contributed by atoms with E-state index < -0.39 is 10.0 Å². The lowest BCUT2D eigenvalue weighted by atomic mass is 9.92. The molecule has 1 aliphatic heterocycles. The van der Waals surface area contributed by atoms with Crippen molar-refractivity contribution in [2.75, 3.05) is 13.1 Å². The van der Waals surface area contributed by atoms with Gasteiger partial charge in [0.05, 0.1) is 4.90 Å². The molecule has 4 nitrogen and oxygen atoms in total. The molecule has 1 atom stereocenters. The first-order valence-corrected chi connectivity index (χ1v) is 8.17. The molecule has 1 heterocycles. The van der Waals surface area contributed by atoms with E-state index in [0.717, 1.165) is 18.4 Å². The monoisotopic (exact) mass is 318 g/mol. The molecule has 114 valence electrons. The van der Waals surface area contributed by atoms with E-state index >= 15 is 0 Å². The van der Waals surface area contributed by atoms with E-state index in [4.69, 9.17) is 5.73 Å². The van der Waals surface area contributed by atoms with E-state index in [9.17, 15) is 8.42 Å². The van der Waals surface area contributed by atoms with E-state index in [1.165, 1.54) is 0 Å². The van der Waals surface area contributed by atoms with Crippen LogP contribution in [-0.2, 0) is 10.0 Å². The van der Waals surface area contributed by atoms with Crippen molar-refractivity contribution in [3.05, 3.63) is 29.8 Å². The fourth-order valence-corrected chi connectivity index (χ4v) is 3.97. The number of hydrogen-bond acceptors (Lipinski definition) is 3. The standard InChI is InChI=1S/C14H22N2O2S.ClH/c1-11-3-5-14(6-4-11)19(17,18)16-9-7-13(8-10-16)12(2)15;/h3-6,12-13H,7-10,15H2,1-2H3;1H. The van der Waals surface area contributed by atoms with Crippen LogP contribution in [0.2, 0.25) is 0 Å². The Hall–Kier alpha value is -0.620. The smallest absolute Gasteiger partial charge is 0.243 e. The Kier molecular flexibility index (Phi) is 6.01. The highest BCUT2D eigenvalue weighted by molar-refractivity contribution is 7.89. The summed E-state index contributed by atoms with van der Waals surface area (Å²) in [5, 5.41) is 0. The second kappa shape index (κ2) is 6.89. The van der Waals surface area contributed by atoms with Gasteiger partial charge in [0, 0.05) is 19.1 Å². The number of piperidine rings is 1. The largest absolute Gasteiger partial charge is 0.328 e.